The molecule has 0 fully saturated rings. The number of aromatic nitrogens is 5. The third-order valence-electron chi connectivity index (χ3n) is 2.34. The monoisotopic (exact) mass is 216 g/mol. The Labute approximate surface area is 93.1 Å². The molecular formula is C10H12N6. The van der Waals surface area contributed by atoms with Crippen LogP contribution in [-0.2, 0) is 19.5 Å². The van der Waals surface area contributed by atoms with Crippen LogP contribution in [0.25, 0.3) is 0 Å². The normalized spacial score (nSPS) is 10.2. The molecule has 2 rings (SSSR count). The van der Waals surface area contributed by atoms with Gasteiger partial charge in [-0.05, 0) is 13.0 Å². The van der Waals surface area contributed by atoms with Crippen LogP contribution in [0.15, 0.2) is 18.6 Å². The maximum absolute atomic E-state index is 8.58. The van der Waals surface area contributed by atoms with E-state index in [1.54, 1.807) is 17.2 Å². The first-order valence-corrected chi connectivity index (χ1v) is 5.13. The van der Waals surface area contributed by atoms with Gasteiger partial charge in [0.15, 0.2) is 0 Å². The van der Waals surface area contributed by atoms with E-state index in [1.807, 2.05) is 16.8 Å². The zero-order valence-corrected chi connectivity index (χ0v) is 9.04. The standard InChI is InChI=1S/C10H12N6/c1-2-16-9(3-5-13-16)4-6-15-8-12-10(7-11)14-15/h3,5,8H,2,4,6H2,1H3. The summed E-state index contributed by atoms with van der Waals surface area (Å²) in [5, 5.41) is 16.8. The summed E-state index contributed by atoms with van der Waals surface area (Å²) in [5.41, 5.74) is 1.16. The lowest BCUT2D eigenvalue weighted by molar-refractivity contribution is 0.561. The largest absolute Gasteiger partial charge is 0.270 e. The summed E-state index contributed by atoms with van der Waals surface area (Å²) in [6, 6.07) is 3.89. The van der Waals surface area contributed by atoms with Gasteiger partial charge < -0.3 is 0 Å². The zero-order chi connectivity index (χ0) is 11.4. The van der Waals surface area contributed by atoms with E-state index >= 15 is 0 Å². The number of nitriles is 1. The Bertz CT molecular complexity index is 503. The molecule has 0 saturated heterocycles. The lowest BCUT2D eigenvalue weighted by atomic mass is 10.3. The Morgan fingerprint density at radius 1 is 1.50 bits per heavy atom. The van der Waals surface area contributed by atoms with Crippen molar-refractivity contribution in [3.63, 3.8) is 0 Å². The van der Waals surface area contributed by atoms with E-state index in [0.29, 0.717) is 6.54 Å². The van der Waals surface area contributed by atoms with Crippen LogP contribution < -0.4 is 0 Å². The molecule has 0 radical (unpaired) electrons. The predicted molar refractivity (Wildman–Crippen MR) is 56.3 cm³/mol. The molecule has 16 heavy (non-hydrogen) atoms. The topological polar surface area (TPSA) is 72.3 Å². The number of hydrogen-bond donors (Lipinski definition) is 0. The van der Waals surface area contributed by atoms with Crippen molar-refractivity contribution >= 4 is 0 Å². The van der Waals surface area contributed by atoms with Crippen molar-refractivity contribution < 1.29 is 0 Å². The van der Waals surface area contributed by atoms with Crippen molar-refractivity contribution in [2.45, 2.75) is 26.4 Å². The lowest BCUT2D eigenvalue weighted by Gasteiger charge is -2.03. The fraction of sp³-hybridized carbons (Fsp3) is 0.400. The fourth-order valence-electron chi connectivity index (χ4n) is 1.54. The summed E-state index contributed by atoms with van der Waals surface area (Å²) in [7, 11) is 0. The second kappa shape index (κ2) is 4.57. The Morgan fingerprint density at radius 3 is 3.06 bits per heavy atom. The van der Waals surface area contributed by atoms with Crippen molar-refractivity contribution in [1.82, 2.24) is 24.5 Å². The summed E-state index contributed by atoms with van der Waals surface area (Å²) in [6.45, 7) is 3.63. The average Bonchev–Trinajstić information content (AvgIpc) is 2.94. The number of rotatable bonds is 4. The van der Waals surface area contributed by atoms with Crippen molar-refractivity contribution in [3.8, 4) is 6.07 Å². The SMILES string of the molecule is CCn1nccc1CCn1cnc(C#N)n1. The molecule has 0 atom stereocenters. The Kier molecular flexibility index (Phi) is 2.96. The van der Waals surface area contributed by atoms with E-state index in [4.69, 9.17) is 5.26 Å². The van der Waals surface area contributed by atoms with Gasteiger partial charge in [0.25, 0.3) is 5.82 Å². The molecule has 6 nitrogen and oxygen atoms in total. The predicted octanol–water partition coefficient (Wildman–Crippen LogP) is 0.609. The summed E-state index contributed by atoms with van der Waals surface area (Å²) in [4.78, 5) is 3.85. The molecule has 0 saturated carbocycles. The molecule has 0 N–H and O–H groups in total. The fourth-order valence-corrected chi connectivity index (χ4v) is 1.54. The van der Waals surface area contributed by atoms with Gasteiger partial charge in [0.05, 0.1) is 0 Å². The molecule has 6 heteroatoms. The maximum Gasteiger partial charge on any atom is 0.252 e. The summed E-state index contributed by atoms with van der Waals surface area (Å²) in [5.74, 6) is 0.212. The molecule has 0 aliphatic heterocycles. The molecule has 0 bridgehead atoms. The summed E-state index contributed by atoms with van der Waals surface area (Å²) in [6.07, 6.45) is 4.20. The third kappa shape index (κ3) is 2.08. The molecular weight excluding hydrogens is 204 g/mol. The lowest BCUT2D eigenvalue weighted by Crippen LogP contribution is -2.07. The van der Waals surface area contributed by atoms with Gasteiger partial charge >= 0.3 is 0 Å². The second-order valence-electron chi connectivity index (χ2n) is 3.33. The molecule has 82 valence electrons. The van der Waals surface area contributed by atoms with Gasteiger partial charge in [0, 0.05) is 31.4 Å². The number of hydrogen-bond acceptors (Lipinski definition) is 4. The molecule has 0 amide bonds. The van der Waals surface area contributed by atoms with Crippen LogP contribution in [0.5, 0.6) is 0 Å². The smallest absolute Gasteiger partial charge is 0.252 e. The van der Waals surface area contributed by atoms with E-state index in [0.717, 1.165) is 18.7 Å². The van der Waals surface area contributed by atoms with Crippen LogP contribution in [0.2, 0.25) is 0 Å². The molecule has 2 aromatic heterocycles. The van der Waals surface area contributed by atoms with Crippen LogP contribution in [0.4, 0.5) is 0 Å². The van der Waals surface area contributed by atoms with Crippen LogP contribution in [-0.4, -0.2) is 24.5 Å². The van der Waals surface area contributed by atoms with Gasteiger partial charge in [-0.25, -0.2) is 4.98 Å². The van der Waals surface area contributed by atoms with Gasteiger partial charge in [-0.15, -0.1) is 5.10 Å². The van der Waals surface area contributed by atoms with Gasteiger partial charge in [-0.3, -0.25) is 9.36 Å². The van der Waals surface area contributed by atoms with Crippen molar-refractivity contribution in [1.29, 1.82) is 5.26 Å². The first-order valence-electron chi connectivity index (χ1n) is 5.13. The molecule has 0 aliphatic rings. The highest BCUT2D eigenvalue weighted by Gasteiger charge is 2.03. The van der Waals surface area contributed by atoms with Crippen molar-refractivity contribution in [3.05, 3.63) is 30.1 Å². The highest BCUT2D eigenvalue weighted by molar-refractivity contribution is 5.05. The highest BCUT2D eigenvalue weighted by atomic mass is 15.3. The van der Waals surface area contributed by atoms with Gasteiger partial charge in [-0.2, -0.15) is 10.4 Å². The van der Waals surface area contributed by atoms with Gasteiger partial charge in [0.1, 0.15) is 12.4 Å². The average molecular weight is 216 g/mol. The van der Waals surface area contributed by atoms with Crippen LogP contribution in [0.1, 0.15) is 18.4 Å². The first-order chi connectivity index (χ1) is 7.83. The Morgan fingerprint density at radius 2 is 2.38 bits per heavy atom. The Hall–Kier alpha value is -2.16. The van der Waals surface area contributed by atoms with E-state index in [2.05, 4.69) is 22.1 Å². The van der Waals surface area contributed by atoms with E-state index in [9.17, 15) is 0 Å². The van der Waals surface area contributed by atoms with E-state index in [1.165, 1.54) is 0 Å². The summed E-state index contributed by atoms with van der Waals surface area (Å²) >= 11 is 0. The van der Waals surface area contributed by atoms with Crippen molar-refractivity contribution in [2.24, 2.45) is 0 Å². The third-order valence-corrected chi connectivity index (χ3v) is 2.34. The first kappa shape index (κ1) is 10.4. The quantitative estimate of drug-likeness (QED) is 0.750. The molecule has 0 aliphatic carbocycles. The second-order valence-corrected chi connectivity index (χ2v) is 3.33. The minimum absolute atomic E-state index is 0.212. The van der Waals surface area contributed by atoms with Gasteiger partial charge in [0.2, 0.25) is 0 Å². The summed E-state index contributed by atoms with van der Waals surface area (Å²) < 4.78 is 3.62. The van der Waals surface area contributed by atoms with Crippen LogP contribution >= 0.6 is 0 Å². The minimum Gasteiger partial charge on any atom is -0.270 e. The molecule has 0 aromatic carbocycles. The molecule has 0 spiro atoms. The molecule has 2 aromatic rings. The highest BCUT2D eigenvalue weighted by Crippen LogP contribution is 2.01. The van der Waals surface area contributed by atoms with Gasteiger partial charge in [-0.1, -0.05) is 0 Å². The van der Waals surface area contributed by atoms with Crippen LogP contribution in [0.3, 0.4) is 0 Å². The van der Waals surface area contributed by atoms with Crippen LogP contribution in [0, 0.1) is 11.3 Å². The number of aryl methyl sites for hydroxylation is 3. The molecule has 2 heterocycles. The zero-order valence-electron chi connectivity index (χ0n) is 9.04. The van der Waals surface area contributed by atoms with E-state index < -0.39 is 0 Å². The van der Waals surface area contributed by atoms with Crippen molar-refractivity contribution in [2.75, 3.05) is 0 Å². The molecule has 0 unspecified atom stereocenters. The maximum atomic E-state index is 8.58. The Balaban J connectivity index is 2.00. The van der Waals surface area contributed by atoms with E-state index in [-0.39, 0.29) is 5.82 Å². The number of nitrogens with zero attached hydrogens (tertiary/aromatic N) is 6. The minimum atomic E-state index is 0.212.